The molecule has 2 nitrogen and oxygen atoms in total. The van der Waals surface area contributed by atoms with Crippen LogP contribution in [0.5, 0.6) is 0 Å². The average Bonchev–Trinajstić information content (AvgIpc) is 3.18. The van der Waals surface area contributed by atoms with Crippen LogP contribution in [-0.2, 0) is 9.53 Å². The van der Waals surface area contributed by atoms with Crippen LogP contribution in [0, 0.1) is 0 Å². The summed E-state index contributed by atoms with van der Waals surface area (Å²) >= 11 is 0. The predicted molar refractivity (Wildman–Crippen MR) is 118 cm³/mol. The van der Waals surface area contributed by atoms with Gasteiger partial charge in [0.25, 0.3) is 0 Å². The van der Waals surface area contributed by atoms with Gasteiger partial charge in [-0.1, -0.05) is 54.6 Å². The van der Waals surface area contributed by atoms with Gasteiger partial charge in [0.2, 0.25) is 0 Å². The van der Waals surface area contributed by atoms with E-state index in [0.29, 0.717) is 6.42 Å². The first-order valence-electron chi connectivity index (χ1n) is 10.0. The molecule has 4 rings (SSSR count). The average molecular weight is 389 g/mol. The fourth-order valence-electron chi connectivity index (χ4n) is 4.22. The molecule has 1 saturated heterocycles. The molecule has 142 valence electrons. The molecule has 0 N–H and O–H groups in total. The van der Waals surface area contributed by atoms with E-state index in [0.717, 1.165) is 25.4 Å². The summed E-state index contributed by atoms with van der Waals surface area (Å²) in [4.78, 5) is 11.5. The Balaban J connectivity index is 1.73. The molecule has 0 radical (unpaired) electrons. The maximum absolute atomic E-state index is 11.5. The van der Waals surface area contributed by atoms with Crippen molar-refractivity contribution in [2.45, 2.75) is 31.8 Å². The lowest BCUT2D eigenvalue weighted by atomic mass is 10.1. The monoisotopic (exact) mass is 389 g/mol. The Morgan fingerprint density at radius 2 is 1.21 bits per heavy atom. The maximum Gasteiger partial charge on any atom is 0.306 e. The summed E-state index contributed by atoms with van der Waals surface area (Å²) in [5.41, 5.74) is 0. The van der Waals surface area contributed by atoms with Crippen LogP contribution in [0.3, 0.4) is 0 Å². The van der Waals surface area contributed by atoms with E-state index < -0.39 is 7.26 Å². The molecule has 1 heterocycles. The standard InChI is InChI=1S/C25H26O2P/c26-25-19-18-21(27-25)11-10-20-28(22-12-4-1-5-13-22,23-14-6-2-7-15-23)24-16-8-3-9-17-24/h1-9,12-17,21H,10-11,18-20H2/q+1. The fourth-order valence-corrected chi connectivity index (χ4v) is 8.59. The molecular formula is C25H26O2P+. The molecule has 0 aromatic heterocycles. The van der Waals surface area contributed by atoms with E-state index >= 15 is 0 Å². The molecule has 1 atom stereocenters. The highest BCUT2D eigenvalue weighted by Crippen LogP contribution is 2.56. The number of rotatable bonds is 7. The number of ether oxygens (including phenoxy) is 1. The summed E-state index contributed by atoms with van der Waals surface area (Å²) in [6.45, 7) is 0. The van der Waals surface area contributed by atoms with Crippen molar-refractivity contribution in [3.05, 3.63) is 91.0 Å². The van der Waals surface area contributed by atoms with Gasteiger partial charge in [-0.25, -0.2) is 0 Å². The van der Waals surface area contributed by atoms with Gasteiger partial charge in [0.05, 0.1) is 6.16 Å². The van der Waals surface area contributed by atoms with Gasteiger partial charge in [-0.15, -0.1) is 0 Å². The van der Waals surface area contributed by atoms with Gasteiger partial charge in [-0.2, -0.15) is 0 Å². The van der Waals surface area contributed by atoms with Gasteiger partial charge >= 0.3 is 5.97 Å². The van der Waals surface area contributed by atoms with Crippen LogP contribution in [0.1, 0.15) is 25.7 Å². The first-order chi connectivity index (χ1) is 13.8. The van der Waals surface area contributed by atoms with Crippen molar-refractivity contribution >= 4 is 29.1 Å². The summed E-state index contributed by atoms with van der Waals surface area (Å²) in [6.07, 6.45) is 4.60. The molecule has 0 amide bonds. The molecule has 3 heteroatoms. The third-order valence-corrected chi connectivity index (χ3v) is 10.1. The van der Waals surface area contributed by atoms with E-state index in [1.165, 1.54) is 15.9 Å². The second-order valence-electron chi connectivity index (χ2n) is 7.33. The van der Waals surface area contributed by atoms with Crippen molar-refractivity contribution in [1.29, 1.82) is 0 Å². The van der Waals surface area contributed by atoms with Crippen molar-refractivity contribution < 1.29 is 9.53 Å². The topological polar surface area (TPSA) is 26.3 Å². The van der Waals surface area contributed by atoms with Crippen LogP contribution < -0.4 is 15.9 Å². The molecule has 1 aliphatic heterocycles. The lowest BCUT2D eigenvalue weighted by Crippen LogP contribution is -2.33. The minimum Gasteiger partial charge on any atom is -0.462 e. The number of hydrogen-bond acceptors (Lipinski definition) is 2. The molecule has 3 aromatic carbocycles. The van der Waals surface area contributed by atoms with E-state index in [1.807, 2.05) is 0 Å². The van der Waals surface area contributed by atoms with Crippen LogP contribution >= 0.6 is 7.26 Å². The number of cyclic esters (lactones) is 1. The van der Waals surface area contributed by atoms with Crippen molar-refractivity contribution in [3.63, 3.8) is 0 Å². The molecule has 28 heavy (non-hydrogen) atoms. The zero-order valence-electron chi connectivity index (χ0n) is 16.0. The Morgan fingerprint density at radius 3 is 1.61 bits per heavy atom. The zero-order valence-corrected chi connectivity index (χ0v) is 16.9. The van der Waals surface area contributed by atoms with Gasteiger partial charge in [0.1, 0.15) is 29.3 Å². The highest BCUT2D eigenvalue weighted by Gasteiger charge is 2.44. The van der Waals surface area contributed by atoms with Gasteiger partial charge in [0, 0.05) is 6.42 Å². The highest BCUT2D eigenvalue weighted by atomic mass is 31.2. The molecule has 1 fully saturated rings. The van der Waals surface area contributed by atoms with Gasteiger partial charge in [-0.3, -0.25) is 4.79 Å². The summed E-state index contributed by atoms with van der Waals surface area (Å²) in [7, 11) is -1.77. The lowest BCUT2D eigenvalue weighted by molar-refractivity contribution is -0.141. The molecule has 0 saturated carbocycles. The summed E-state index contributed by atoms with van der Waals surface area (Å²) in [5.74, 6) is -0.0414. The second-order valence-corrected chi connectivity index (χ2v) is 10.9. The zero-order chi connectivity index (χ0) is 19.2. The first kappa shape index (κ1) is 18.9. The molecule has 1 unspecified atom stereocenters. The predicted octanol–water partition coefficient (Wildman–Crippen LogP) is 4.47. The van der Waals surface area contributed by atoms with Gasteiger partial charge < -0.3 is 4.74 Å². The maximum atomic E-state index is 11.5. The Kier molecular flexibility index (Phi) is 5.88. The molecule has 0 bridgehead atoms. The van der Waals surface area contributed by atoms with Crippen molar-refractivity contribution in [3.8, 4) is 0 Å². The minimum atomic E-state index is -1.77. The Morgan fingerprint density at radius 1 is 0.750 bits per heavy atom. The number of esters is 1. The quantitative estimate of drug-likeness (QED) is 0.440. The largest absolute Gasteiger partial charge is 0.462 e. The molecule has 3 aromatic rings. The van der Waals surface area contributed by atoms with Crippen LogP contribution in [0.15, 0.2) is 91.0 Å². The SMILES string of the molecule is O=C1CCC(CCC[P+](c2ccccc2)(c2ccccc2)c2ccccc2)O1. The Hall–Kier alpha value is -2.44. The Labute approximate surface area is 167 Å². The highest BCUT2D eigenvalue weighted by molar-refractivity contribution is 7.95. The summed E-state index contributed by atoms with van der Waals surface area (Å²) < 4.78 is 5.47. The Bertz CT molecular complexity index is 797. The summed E-state index contributed by atoms with van der Waals surface area (Å²) in [5, 5.41) is 4.24. The van der Waals surface area contributed by atoms with Crippen molar-refractivity contribution in [2.75, 3.05) is 6.16 Å². The van der Waals surface area contributed by atoms with E-state index in [1.54, 1.807) is 0 Å². The number of benzene rings is 3. The lowest BCUT2D eigenvalue weighted by Gasteiger charge is -2.28. The second kappa shape index (κ2) is 8.71. The van der Waals surface area contributed by atoms with Crippen molar-refractivity contribution in [1.82, 2.24) is 0 Å². The van der Waals surface area contributed by atoms with Crippen LogP contribution in [0.4, 0.5) is 0 Å². The van der Waals surface area contributed by atoms with Crippen molar-refractivity contribution in [2.24, 2.45) is 0 Å². The van der Waals surface area contributed by atoms with Crippen LogP contribution in [0.2, 0.25) is 0 Å². The van der Waals surface area contributed by atoms with E-state index in [2.05, 4.69) is 91.0 Å². The van der Waals surface area contributed by atoms with Gasteiger partial charge in [-0.05, 0) is 55.7 Å². The number of carbonyl (C=O) groups is 1. The smallest absolute Gasteiger partial charge is 0.306 e. The fraction of sp³-hybridized carbons (Fsp3) is 0.240. The molecular weight excluding hydrogens is 363 g/mol. The van der Waals surface area contributed by atoms with Crippen LogP contribution in [-0.4, -0.2) is 18.2 Å². The summed E-state index contributed by atoms with van der Waals surface area (Å²) in [6, 6.07) is 32.8. The third kappa shape index (κ3) is 3.88. The van der Waals surface area contributed by atoms with Crippen LogP contribution in [0.25, 0.3) is 0 Å². The van der Waals surface area contributed by atoms with Gasteiger partial charge in [0.15, 0.2) is 0 Å². The molecule has 1 aliphatic rings. The minimum absolute atomic E-state index is 0.0414. The number of carbonyl (C=O) groups excluding carboxylic acids is 1. The normalized spacial score (nSPS) is 16.7. The molecule has 0 aliphatic carbocycles. The van der Waals surface area contributed by atoms with E-state index in [9.17, 15) is 4.79 Å². The third-order valence-electron chi connectivity index (χ3n) is 5.58. The number of hydrogen-bond donors (Lipinski definition) is 0. The first-order valence-corrected chi connectivity index (χ1v) is 12.0. The molecule has 0 spiro atoms. The van der Waals surface area contributed by atoms with E-state index in [4.69, 9.17) is 4.74 Å². The van der Waals surface area contributed by atoms with E-state index in [-0.39, 0.29) is 12.1 Å².